The standard InChI is InChI=1S/C18H18N4O2S/c1-11-16(25-17(21-11)15-6-3-9-24-15)18(23)22-14(7-8-20-22)12-4-2-5-13(19)10-12/h2,4-5,7-8,10,15H,3,6,9,19H2,1H3. The van der Waals surface area contributed by atoms with Gasteiger partial charge in [-0.25, -0.2) is 4.98 Å². The van der Waals surface area contributed by atoms with Crippen LogP contribution in [0.4, 0.5) is 5.69 Å². The molecule has 0 saturated carbocycles. The van der Waals surface area contributed by atoms with Crippen LogP contribution in [0.2, 0.25) is 0 Å². The lowest BCUT2D eigenvalue weighted by molar-refractivity contribution is 0.0950. The van der Waals surface area contributed by atoms with Crippen molar-refractivity contribution in [3.63, 3.8) is 0 Å². The number of carbonyl (C=O) groups excluding carboxylic acids is 1. The lowest BCUT2D eigenvalue weighted by Gasteiger charge is -2.06. The molecule has 1 fully saturated rings. The van der Waals surface area contributed by atoms with E-state index in [1.54, 1.807) is 6.20 Å². The smallest absolute Gasteiger partial charge is 0.290 e. The number of hydrogen-bond donors (Lipinski definition) is 1. The number of nitrogens with zero attached hydrogens (tertiary/aromatic N) is 3. The molecule has 1 aliphatic rings. The zero-order valence-corrected chi connectivity index (χ0v) is 14.6. The van der Waals surface area contributed by atoms with Gasteiger partial charge in [0, 0.05) is 17.9 Å². The molecule has 2 N–H and O–H groups in total. The molecule has 0 amide bonds. The Bertz CT molecular complexity index is 925. The van der Waals surface area contributed by atoms with Crippen molar-refractivity contribution in [2.45, 2.75) is 25.9 Å². The minimum absolute atomic E-state index is 0.0104. The maximum absolute atomic E-state index is 13.0. The average Bonchev–Trinajstić information content (AvgIpc) is 3.34. The third-order valence-corrected chi connectivity index (χ3v) is 5.47. The summed E-state index contributed by atoms with van der Waals surface area (Å²) in [5.41, 5.74) is 8.79. The number of rotatable bonds is 3. The largest absolute Gasteiger partial charge is 0.399 e. The topological polar surface area (TPSA) is 83.0 Å². The molecular weight excluding hydrogens is 336 g/mol. The van der Waals surface area contributed by atoms with Gasteiger partial charge < -0.3 is 10.5 Å². The predicted octanol–water partition coefficient (Wildman–Crippen LogP) is 3.44. The lowest BCUT2D eigenvalue weighted by Crippen LogP contribution is -2.14. The Balaban J connectivity index is 1.70. The molecule has 3 aromatic rings. The van der Waals surface area contributed by atoms with Gasteiger partial charge in [-0.2, -0.15) is 9.78 Å². The Kier molecular flexibility index (Phi) is 4.10. The molecule has 0 spiro atoms. The number of thiazole rings is 1. The molecule has 3 heterocycles. The second-order valence-corrected chi connectivity index (χ2v) is 7.06. The van der Waals surface area contributed by atoms with E-state index in [1.807, 2.05) is 37.3 Å². The first kappa shape index (κ1) is 16.0. The van der Waals surface area contributed by atoms with Crippen LogP contribution >= 0.6 is 11.3 Å². The van der Waals surface area contributed by atoms with Crippen LogP contribution in [0.25, 0.3) is 11.3 Å². The molecule has 1 atom stereocenters. The van der Waals surface area contributed by atoms with Crippen molar-refractivity contribution < 1.29 is 9.53 Å². The minimum Gasteiger partial charge on any atom is -0.399 e. The number of nitrogens with two attached hydrogens (primary N) is 1. The van der Waals surface area contributed by atoms with Crippen LogP contribution in [-0.2, 0) is 4.74 Å². The normalized spacial score (nSPS) is 17.1. The number of carbonyl (C=O) groups is 1. The fraction of sp³-hybridized carbons (Fsp3) is 0.278. The van der Waals surface area contributed by atoms with Gasteiger partial charge in [0.1, 0.15) is 16.0 Å². The van der Waals surface area contributed by atoms with Crippen molar-refractivity contribution in [1.82, 2.24) is 14.8 Å². The number of aryl methyl sites for hydroxylation is 1. The van der Waals surface area contributed by atoms with E-state index >= 15 is 0 Å². The van der Waals surface area contributed by atoms with E-state index in [4.69, 9.17) is 10.5 Å². The Labute approximate surface area is 149 Å². The molecular formula is C18H18N4O2S. The first-order valence-corrected chi connectivity index (χ1v) is 8.98. The average molecular weight is 354 g/mol. The van der Waals surface area contributed by atoms with Crippen LogP contribution in [0.1, 0.15) is 39.3 Å². The summed E-state index contributed by atoms with van der Waals surface area (Å²) in [5, 5.41) is 5.09. The zero-order chi connectivity index (χ0) is 17.4. The highest BCUT2D eigenvalue weighted by Crippen LogP contribution is 2.33. The van der Waals surface area contributed by atoms with Gasteiger partial charge in [-0.05, 0) is 38.0 Å². The molecule has 0 aliphatic carbocycles. The summed E-state index contributed by atoms with van der Waals surface area (Å²) >= 11 is 1.40. The van der Waals surface area contributed by atoms with Gasteiger partial charge in [-0.15, -0.1) is 11.3 Å². The van der Waals surface area contributed by atoms with Gasteiger partial charge in [-0.1, -0.05) is 12.1 Å². The van der Waals surface area contributed by atoms with Crippen molar-refractivity contribution in [2.24, 2.45) is 0 Å². The summed E-state index contributed by atoms with van der Waals surface area (Å²) in [4.78, 5) is 18.2. The molecule has 2 aromatic heterocycles. The van der Waals surface area contributed by atoms with E-state index in [1.165, 1.54) is 16.0 Å². The molecule has 0 bridgehead atoms. The predicted molar refractivity (Wildman–Crippen MR) is 96.6 cm³/mol. The number of nitrogen functional groups attached to an aromatic ring is 1. The maximum Gasteiger partial charge on any atom is 0.290 e. The van der Waals surface area contributed by atoms with E-state index in [0.29, 0.717) is 16.3 Å². The summed E-state index contributed by atoms with van der Waals surface area (Å²) in [6.45, 7) is 2.61. The number of hydrogen-bond acceptors (Lipinski definition) is 6. The SMILES string of the molecule is Cc1nc(C2CCCO2)sc1C(=O)n1nccc1-c1cccc(N)c1. The molecule has 0 radical (unpaired) electrons. The maximum atomic E-state index is 13.0. The Morgan fingerprint density at radius 3 is 3.04 bits per heavy atom. The van der Waals surface area contributed by atoms with Crippen LogP contribution in [0.5, 0.6) is 0 Å². The minimum atomic E-state index is -0.179. The fourth-order valence-corrected chi connectivity index (χ4v) is 4.08. The van der Waals surface area contributed by atoms with Crippen molar-refractivity contribution in [3.05, 3.63) is 52.1 Å². The quantitative estimate of drug-likeness (QED) is 0.729. The molecule has 1 aliphatic heterocycles. The fourth-order valence-electron chi connectivity index (χ4n) is 3.00. The van der Waals surface area contributed by atoms with Gasteiger partial charge in [0.15, 0.2) is 0 Å². The number of anilines is 1. The van der Waals surface area contributed by atoms with Crippen molar-refractivity contribution in [3.8, 4) is 11.3 Å². The Morgan fingerprint density at radius 1 is 1.40 bits per heavy atom. The Morgan fingerprint density at radius 2 is 2.28 bits per heavy atom. The summed E-state index contributed by atoms with van der Waals surface area (Å²) < 4.78 is 7.10. The summed E-state index contributed by atoms with van der Waals surface area (Å²) in [6.07, 6.45) is 3.62. The highest BCUT2D eigenvalue weighted by atomic mass is 32.1. The highest BCUT2D eigenvalue weighted by Gasteiger charge is 2.26. The molecule has 1 aromatic carbocycles. The van der Waals surface area contributed by atoms with E-state index in [2.05, 4.69) is 10.1 Å². The first-order chi connectivity index (χ1) is 12.1. The van der Waals surface area contributed by atoms with Crippen molar-refractivity contribution >= 4 is 22.9 Å². The Hall–Kier alpha value is -2.51. The van der Waals surface area contributed by atoms with Crippen LogP contribution in [-0.4, -0.2) is 27.3 Å². The van der Waals surface area contributed by atoms with Gasteiger partial charge in [0.25, 0.3) is 5.91 Å². The second kappa shape index (κ2) is 6.42. The third kappa shape index (κ3) is 2.96. The van der Waals surface area contributed by atoms with Crippen LogP contribution in [0.15, 0.2) is 36.5 Å². The van der Waals surface area contributed by atoms with Gasteiger partial charge >= 0.3 is 0 Å². The molecule has 6 nitrogen and oxygen atoms in total. The molecule has 1 unspecified atom stereocenters. The monoisotopic (exact) mass is 354 g/mol. The summed E-state index contributed by atoms with van der Waals surface area (Å²) in [6, 6.07) is 9.23. The second-order valence-electron chi connectivity index (χ2n) is 6.03. The number of benzene rings is 1. The first-order valence-electron chi connectivity index (χ1n) is 8.17. The van der Waals surface area contributed by atoms with E-state index in [0.717, 1.165) is 35.7 Å². The van der Waals surface area contributed by atoms with E-state index in [-0.39, 0.29) is 12.0 Å². The number of aromatic nitrogens is 3. The summed E-state index contributed by atoms with van der Waals surface area (Å²) in [5.74, 6) is -0.179. The zero-order valence-electron chi connectivity index (χ0n) is 13.8. The molecule has 1 saturated heterocycles. The van der Waals surface area contributed by atoms with Crippen LogP contribution in [0.3, 0.4) is 0 Å². The van der Waals surface area contributed by atoms with Crippen molar-refractivity contribution in [1.29, 1.82) is 0 Å². The van der Waals surface area contributed by atoms with Gasteiger partial charge in [0.05, 0.1) is 17.6 Å². The van der Waals surface area contributed by atoms with Crippen molar-refractivity contribution in [2.75, 3.05) is 12.3 Å². The molecule has 25 heavy (non-hydrogen) atoms. The lowest BCUT2D eigenvalue weighted by atomic mass is 10.1. The number of ether oxygens (including phenoxy) is 1. The third-order valence-electron chi connectivity index (χ3n) is 4.23. The summed E-state index contributed by atoms with van der Waals surface area (Å²) in [7, 11) is 0. The molecule has 4 rings (SSSR count). The van der Waals surface area contributed by atoms with Crippen LogP contribution in [0, 0.1) is 6.92 Å². The highest BCUT2D eigenvalue weighted by molar-refractivity contribution is 7.13. The van der Waals surface area contributed by atoms with Gasteiger partial charge in [-0.3, -0.25) is 4.79 Å². The van der Waals surface area contributed by atoms with E-state index < -0.39 is 0 Å². The molecule has 7 heteroatoms. The molecule has 128 valence electrons. The van der Waals surface area contributed by atoms with Gasteiger partial charge in [0.2, 0.25) is 0 Å². The van der Waals surface area contributed by atoms with E-state index in [9.17, 15) is 4.79 Å². The van der Waals surface area contributed by atoms with Crippen LogP contribution < -0.4 is 5.73 Å².